The highest BCUT2D eigenvalue weighted by Gasteiger charge is 1.98. The number of nitrogens with one attached hydrogen (secondary N) is 2. The van der Waals surface area contributed by atoms with E-state index >= 15 is 0 Å². The van der Waals surface area contributed by atoms with E-state index in [4.69, 9.17) is 0 Å². The largest absolute Gasteiger partial charge is 0.357 e. The third-order valence-electron chi connectivity index (χ3n) is 2.58. The van der Waals surface area contributed by atoms with Crippen LogP contribution in [-0.2, 0) is 6.54 Å². The smallest absolute Gasteiger partial charge is 0.191 e. The second kappa shape index (κ2) is 8.56. The van der Waals surface area contributed by atoms with Gasteiger partial charge in [0.05, 0.1) is 6.20 Å². The van der Waals surface area contributed by atoms with Crippen molar-refractivity contribution in [2.75, 3.05) is 19.6 Å². The van der Waals surface area contributed by atoms with Crippen molar-refractivity contribution in [2.24, 2.45) is 10.9 Å². The topological polar surface area (TPSA) is 54.2 Å². The molecule has 108 valence electrons. The van der Waals surface area contributed by atoms with E-state index in [1.807, 2.05) is 10.9 Å². The lowest BCUT2D eigenvalue weighted by Gasteiger charge is -2.12. The number of aliphatic imine (C=N–C) groups is 1. The van der Waals surface area contributed by atoms with Gasteiger partial charge in [-0.3, -0.25) is 9.67 Å². The third-order valence-corrected chi connectivity index (χ3v) is 2.58. The summed E-state index contributed by atoms with van der Waals surface area (Å²) in [7, 11) is 0. The maximum Gasteiger partial charge on any atom is 0.191 e. The molecule has 0 aliphatic heterocycles. The first-order valence-electron chi connectivity index (χ1n) is 7.13. The van der Waals surface area contributed by atoms with Crippen molar-refractivity contribution in [3.63, 3.8) is 0 Å². The summed E-state index contributed by atoms with van der Waals surface area (Å²) in [5, 5.41) is 10.9. The maximum atomic E-state index is 4.53. The Labute approximate surface area is 116 Å². The maximum absolute atomic E-state index is 4.53. The van der Waals surface area contributed by atoms with E-state index in [0.29, 0.717) is 5.92 Å². The van der Waals surface area contributed by atoms with Gasteiger partial charge in [-0.15, -0.1) is 0 Å². The first-order valence-corrected chi connectivity index (χ1v) is 7.13. The van der Waals surface area contributed by atoms with Crippen LogP contribution in [0.2, 0.25) is 0 Å². The fourth-order valence-electron chi connectivity index (χ4n) is 1.65. The third kappa shape index (κ3) is 6.84. The van der Waals surface area contributed by atoms with Gasteiger partial charge in [-0.1, -0.05) is 13.8 Å². The summed E-state index contributed by atoms with van der Waals surface area (Å²) in [5.41, 5.74) is 1.21. The van der Waals surface area contributed by atoms with Crippen LogP contribution in [0.4, 0.5) is 0 Å². The van der Waals surface area contributed by atoms with E-state index in [-0.39, 0.29) is 0 Å². The molecule has 0 bridgehead atoms. The Bertz CT molecular complexity index is 381. The van der Waals surface area contributed by atoms with Gasteiger partial charge in [-0.2, -0.15) is 5.10 Å². The molecule has 0 aliphatic carbocycles. The van der Waals surface area contributed by atoms with Crippen molar-refractivity contribution in [2.45, 2.75) is 40.7 Å². The molecule has 0 radical (unpaired) electrons. The van der Waals surface area contributed by atoms with Crippen molar-refractivity contribution < 1.29 is 0 Å². The monoisotopic (exact) mass is 265 g/mol. The molecule has 1 aromatic heterocycles. The van der Waals surface area contributed by atoms with Gasteiger partial charge in [0.15, 0.2) is 5.96 Å². The zero-order chi connectivity index (χ0) is 14.1. The summed E-state index contributed by atoms with van der Waals surface area (Å²) >= 11 is 0. The lowest BCUT2D eigenvalue weighted by Crippen LogP contribution is -2.38. The molecular formula is C14H27N5. The average molecular weight is 265 g/mol. The molecule has 0 spiro atoms. The minimum absolute atomic E-state index is 0.586. The zero-order valence-corrected chi connectivity index (χ0v) is 12.6. The van der Waals surface area contributed by atoms with Crippen molar-refractivity contribution in [1.29, 1.82) is 0 Å². The van der Waals surface area contributed by atoms with E-state index in [1.165, 1.54) is 5.56 Å². The molecule has 1 rings (SSSR count). The lowest BCUT2D eigenvalue weighted by atomic mass is 10.2. The molecule has 0 atom stereocenters. The molecule has 2 N–H and O–H groups in total. The first-order chi connectivity index (χ1) is 9.11. The Morgan fingerprint density at radius 1 is 1.42 bits per heavy atom. The molecule has 0 unspecified atom stereocenters. The van der Waals surface area contributed by atoms with E-state index in [1.54, 1.807) is 0 Å². The van der Waals surface area contributed by atoms with Gasteiger partial charge in [0.1, 0.15) is 0 Å². The van der Waals surface area contributed by atoms with Gasteiger partial charge >= 0.3 is 0 Å². The van der Waals surface area contributed by atoms with Crippen LogP contribution in [0.15, 0.2) is 17.4 Å². The van der Waals surface area contributed by atoms with Crippen LogP contribution < -0.4 is 10.6 Å². The molecular weight excluding hydrogens is 238 g/mol. The second-order valence-electron chi connectivity index (χ2n) is 5.17. The van der Waals surface area contributed by atoms with E-state index in [2.05, 4.69) is 54.6 Å². The summed E-state index contributed by atoms with van der Waals surface area (Å²) in [5.74, 6) is 1.50. The highest BCUT2D eigenvalue weighted by molar-refractivity contribution is 5.79. The lowest BCUT2D eigenvalue weighted by molar-refractivity contribution is 0.569. The highest BCUT2D eigenvalue weighted by Crippen LogP contribution is 1.95. The molecule has 5 nitrogen and oxygen atoms in total. The highest BCUT2D eigenvalue weighted by atomic mass is 15.3. The average Bonchev–Trinajstić information content (AvgIpc) is 2.77. The molecule has 0 amide bonds. The molecule has 0 fully saturated rings. The summed E-state index contributed by atoms with van der Waals surface area (Å²) in [6.07, 6.45) is 4.99. The molecule has 1 aromatic rings. The summed E-state index contributed by atoms with van der Waals surface area (Å²) < 4.78 is 1.98. The van der Waals surface area contributed by atoms with E-state index in [0.717, 1.165) is 38.6 Å². The number of aromatic nitrogens is 2. The summed E-state index contributed by atoms with van der Waals surface area (Å²) in [6, 6.07) is 0. The molecule has 0 saturated heterocycles. The second-order valence-corrected chi connectivity index (χ2v) is 5.17. The van der Waals surface area contributed by atoms with Crippen LogP contribution in [0.5, 0.6) is 0 Å². The molecule has 0 saturated carbocycles. The number of aryl methyl sites for hydroxylation is 2. The van der Waals surface area contributed by atoms with Crippen LogP contribution in [0, 0.1) is 12.8 Å². The van der Waals surface area contributed by atoms with E-state index < -0.39 is 0 Å². The molecule has 19 heavy (non-hydrogen) atoms. The Hall–Kier alpha value is -1.52. The van der Waals surface area contributed by atoms with Crippen LogP contribution in [-0.4, -0.2) is 35.4 Å². The van der Waals surface area contributed by atoms with Crippen molar-refractivity contribution in [3.05, 3.63) is 18.0 Å². The van der Waals surface area contributed by atoms with Crippen molar-refractivity contribution >= 4 is 5.96 Å². The van der Waals surface area contributed by atoms with E-state index in [9.17, 15) is 0 Å². The minimum atomic E-state index is 0.586. The summed E-state index contributed by atoms with van der Waals surface area (Å²) in [6.45, 7) is 12.1. The zero-order valence-electron chi connectivity index (χ0n) is 12.6. The first kappa shape index (κ1) is 15.5. The van der Waals surface area contributed by atoms with Crippen molar-refractivity contribution in [3.8, 4) is 0 Å². The minimum Gasteiger partial charge on any atom is -0.357 e. The van der Waals surface area contributed by atoms with Gasteiger partial charge < -0.3 is 10.6 Å². The number of rotatable bonds is 7. The standard InChI is InChI=1S/C14H27N5/c1-5-15-14(17-9-12(2)3)16-7-6-8-19-11-13(4)10-18-19/h10-12H,5-9H2,1-4H3,(H2,15,16,17). The fraction of sp³-hybridized carbons (Fsp3) is 0.714. The van der Waals surface area contributed by atoms with Crippen LogP contribution >= 0.6 is 0 Å². The Morgan fingerprint density at radius 3 is 2.79 bits per heavy atom. The predicted octanol–water partition coefficient (Wildman–Crippen LogP) is 1.79. The van der Waals surface area contributed by atoms with Crippen LogP contribution in [0.25, 0.3) is 0 Å². The van der Waals surface area contributed by atoms with Gasteiger partial charge in [-0.05, 0) is 31.7 Å². The quantitative estimate of drug-likeness (QED) is 0.449. The molecule has 0 aromatic carbocycles. The number of hydrogen-bond acceptors (Lipinski definition) is 2. The predicted molar refractivity (Wildman–Crippen MR) is 80.4 cm³/mol. The normalized spacial score (nSPS) is 11.9. The van der Waals surface area contributed by atoms with Crippen molar-refractivity contribution in [1.82, 2.24) is 20.4 Å². The van der Waals surface area contributed by atoms with Gasteiger partial charge in [0.2, 0.25) is 0 Å². The summed E-state index contributed by atoms with van der Waals surface area (Å²) in [4.78, 5) is 4.53. The fourth-order valence-corrected chi connectivity index (χ4v) is 1.65. The molecule has 5 heteroatoms. The Morgan fingerprint density at radius 2 is 2.21 bits per heavy atom. The van der Waals surface area contributed by atoms with Crippen LogP contribution in [0.1, 0.15) is 32.8 Å². The van der Waals surface area contributed by atoms with Crippen LogP contribution in [0.3, 0.4) is 0 Å². The Balaban J connectivity index is 2.26. The number of hydrogen-bond donors (Lipinski definition) is 2. The van der Waals surface area contributed by atoms with Gasteiger partial charge in [0, 0.05) is 32.4 Å². The Kier molecular flexibility index (Phi) is 7.00. The number of nitrogens with zero attached hydrogens (tertiary/aromatic N) is 3. The number of guanidine groups is 1. The van der Waals surface area contributed by atoms with Gasteiger partial charge in [0.25, 0.3) is 0 Å². The molecule has 0 aliphatic rings. The SMILES string of the molecule is CCNC(=NCC(C)C)NCCCn1cc(C)cn1. The van der Waals surface area contributed by atoms with Gasteiger partial charge in [-0.25, -0.2) is 0 Å². The molecule has 1 heterocycles.